The lowest BCUT2D eigenvalue weighted by Crippen LogP contribution is -2.38. The van der Waals surface area contributed by atoms with Gasteiger partial charge in [-0.25, -0.2) is 4.79 Å². The van der Waals surface area contributed by atoms with Crippen molar-refractivity contribution < 1.29 is 9.53 Å². The second-order valence-electron chi connectivity index (χ2n) is 4.19. The van der Waals surface area contributed by atoms with Crippen molar-refractivity contribution in [2.24, 2.45) is 0 Å². The van der Waals surface area contributed by atoms with Gasteiger partial charge in [-0.05, 0) is 39.2 Å². The summed E-state index contributed by atoms with van der Waals surface area (Å²) in [6, 6.07) is 9.17. The molecule has 0 unspecified atom stereocenters. The van der Waals surface area contributed by atoms with Gasteiger partial charge in [-0.15, -0.1) is 0 Å². The van der Waals surface area contributed by atoms with Crippen LogP contribution in [0.5, 0.6) is 5.75 Å². The molecule has 1 rings (SSSR count). The summed E-state index contributed by atoms with van der Waals surface area (Å²) < 4.78 is 5.34. The first kappa shape index (κ1) is 14.3. The Morgan fingerprint density at radius 2 is 1.94 bits per heavy atom. The molecule has 0 aromatic heterocycles. The Labute approximate surface area is 108 Å². The maximum atomic E-state index is 11.4. The van der Waals surface area contributed by atoms with E-state index in [1.165, 1.54) is 0 Å². The molecule has 1 aromatic rings. The number of carbonyl (C=O) groups excluding carboxylic acids is 1. The van der Waals surface area contributed by atoms with E-state index >= 15 is 0 Å². The average molecular weight is 251 g/mol. The van der Waals surface area contributed by atoms with E-state index in [0.29, 0.717) is 6.54 Å². The lowest BCUT2D eigenvalue weighted by molar-refractivity contribution is 0.223. The van der Waals surface area contributed by atoms with Crippen molar-refractivity contribution in [2.75, 3.05) is 33.9 Å². The Bertz CT molecular complexity index is 341. The van der Waals surface area contributed by atoms with Crippen LogP contribution >= 0.6 is 0 Å². The SMILES string of the molecule is CN(C)CCCNC(=O)NCOc1ccccc1. The summed E-state index contributed by atoms with van der Waals surface area (Å²) in [5, 5.41) is 5.40. The quantitative estimate of drug-likeness (QED) is 0.567. The number of ether oxygens (including phenoxy) is 1. The van der Waals surface area contributed by atoms with Crippen molar-refractivity contribution in [1.29, 1.82) is 0 Å². The Hall–Kier alpha value is -1.75. The van der Waals surface area contributed by atoms with Crippen molar-refractivity contribution in [3.63, 3.8) is 0 Å². The van der Waals surface area contributed by atoms with E-state index in [1.54, 1.807) is 0 Å². The number of rotatable bonds is 7. The van der Waals surface area contributed by atoms with Crippen LogP contribution in [0, 0.1) is 0 Å². The van der Waals surface area contributed by atoms with Crippen LogP contribution in [0.4, 0.5) is 4.79 Å². The normalized spacial score (nSPS) is 10.2. The summed E-state index contributed by atoms with van der Waals surface area (Å²) in [4.78, 5) is 13.4. The molecule has 0 atom stereocenters. The monoisotopic (exact) mass is 251 g/mol. The van der Waals surface area contributed by atoms with Crippen LogP contribution < -0.4 is 15.4 Å². The second-order valence-corrected chi connectivity index (χ2v) is 4.19. The Morgan fingerprint density at radius 1 is 1.22 bits per heavy atom. The fraction of sp³-hybridized carbons (Fsp3) is 0.462. The van der Waals surface area contributed by atoms with Gasteiger partial charge in [0, 0.05) is 6.54 Å². The number of carbonyl (C=O) groups is 1. The minimum absolute atomic E-state index is 0.170. The molecule has 0 saturated heterocycles. The van der Waals surface area contributed by atoms with Gasteiger partial charge in [0.25, 0.3) is 0 Å². The fourth-order valence-corrected chi connectivity index (χ4v) is 1.36. The molecule has 0 bridgehead atoms. The largest absolute Gasteiger partial charge is 0.473 e. The van der Waals surface area contributed by atoms with E-state index in [2.05, 4.69) is 15.5 Å². The molecule has 5 heteroatoms. The lowest BCUT2D eigenvalue weighted by Gasteiger charge is -2.11. The molecule has 1 aromatic carbocycles. The molecule has 5 nitrogen and oxygen atoms in total. The summed E-state index contributed by atoms with van der Waals surface area (Å²) in [5.41, 5.74) is 0. The number of nitrogens with zero attached hydrogens (tertiary/aromatic N) is 1. The zero-order chi connectivity index (χ0) is 13.2. The molecule has 0 aliphatic carbocycles. The summed E-state index contributed by atoms with van der Waals surface area (Å²) >= 11 is 0. The number of urea groups is 1. The highest BCUT2D eigenvalue weighted by atomic mass is 16.5. The van der Waals surface area contributed by atoms with E-state index < -0.39 is 0 Å². The standard InChI is InChI=1S/C13H21N3O2/c1-16(2)10-6-9-14-13(17)15-11-18-12-7-4-3-5-8-12/h3-5,7-8H,6,9-11H2,1-2H3,(H2,14,15,17). The van der Waals surface area contributed by atoms with Gasteiger partial charge < -0.3 is 20.3 Å². The molecule has 0 fully saturated rings. The highest BCUT2D eigenvalue weighted by molar-refractivity contribution is 5.73. The summed E-state index contributed by atoms with van der Waals surface area (Å²) in [6.45, 7) is 1.79. The van der Waals surface area contributed by atoms with Crippen LogP contribution in [0.3, 0.4) is 0 Å². The Morgan fingerprint density at radius 3 is 2.61 bits per heavy atom. The van der Waals surface area contributed by atoms with Gasteiger partial charge in [0.1, 0.15) is 5.75 Å². The zero-order valence-corrected chi connectivity index (χ0v) is 11.0. The van der Waals surface area contributed by atoms with Gasteiger partial charge in [0.15, 0.2) is 6.73 Å². The molecule has 0 heterocycles. The average Bonchev–Trinajstić information content (AvgIpc) is 2.36. The Kier molecular flexibility index (Phi) is 6.64. The molecule has 0 aliphatic heterocycles. The van der Waals surface area contributed by atoms with Crippen molar-refractivity contribution in [3.05, 3.63) is 30.3 Å². The maximum absolute atomic E-state index is 11.4. The highest BCUT2D eigenvalue weighted by Gasteiger charge is 1.99. The first-order valence-corrected chi connectivity index (χ1v) is 6.03. The molecule has 0 spiro atoms. The van der Waals surface area contributed by atoms with Gasteiger partial charge in [0.05, 0.1) is 0 Å². The first-order chi connectivity index (χ1) is 8.68. The molecule has 2 N–H and O–H groups in total. The first-order valence-electron chi connectivity index (χ1n) is 6.03. The van der Waals surface area contributed by atoms with Crippen LogP contribution in [0.15, 0.2) is 30.3 Å². The fourth-order valence-electron chi connectivity index (χ4n) is 1.36. The summed E-state index contributed by atoms with van der Waals surface area (Å²) in [6.07, 6.45) is 0.931. The van der Waals surface area contributed by atoms with Crippen LogP contribution in [0.25, 0.3) is 0 Å². The minimum Gasteiger partial charge on any atom is -0.473 e. The second kappa shape index (κ2) is 8.36. The topological polar surface area (TPSA) is 53.6 Å². The predicted molar refractivity (Wildman–Crippen MR) is 71.6 cm³/mol. The molecule has 0 aliphatic rings. The molecule has 18 heavy (non-hydrogen) atoms. The minimum atomic E-state index is -0.204. The molecular formula is C13H21N3O2. The van der Waals surface area contributed by atoms with Crippen molar-refractivity contribution in [3.8, 4) is 5.75 Å². The van der Waals surface area contributed by atoms with Gasteiger partial charge >= 0.3 is 6.03 Å². The van der Waals surface area contributed by atoms with Crippen LogP contribution in [0.1, 0.15) is 6.42 Å². The molecule has 0 saturated carbocycles. The third-order valence-corrected chi connectivity index (χ3v) is 2.28. The molecule has 2 amide bonds. The van der Waals surface area contributed by atoms with Crippen LogP contribution in [-0.2, 0) is 0 Å². The molecule has 100 valence electrons. The maximum Gasteiger partial charge on any atom is 0.317 e. The van der Waals surface area contributed by atoms with Crippen LogP contribution in [-0.4, -0.2) is 44.8 Å². The van der Waals surface area contributed by atoms with E-state index in [0.717, 1.165) is 18.7 Å². The third kappa shape index (κ3) is 6.75. The molecule has 0 radical (unpaired) electrons. The van der Waals surface area contributed by atoms with Crippen molar-refractivity contribution in [1.82, 2.24) is 15.5 Å². The van der Waals surface area contributed by atoms with Crippen molar-refractivity contribution in [2.45, 2.75) is 6.42 Å². The zero-order valence-electron chi connectivity index (χ0n) is 11.0. The predicted octanol–water partition coefficient (Wildman–Crippen LogP) is 1.27. The number of hydrogen-bond acceptors (Lipinski definition) is 3. The number of nitrogens with one attached hydrogen (secondary N) is 2. The van der Waals surface area contributed by atoms with Gasteiger partial charge in [-0.3, -0.25) is 0 Å². The molecular weight excluding hydrogens is 230 g/mol. The van der Waals surface area contributed by atoms with E-state index in [1.807, 2.05) is 44.4 Å². The van der Waals surface area contributed by atoms with Gasteiger partial charge in [-0.1, -0.05) is 18.2 Å². The van der Waals surface area contributed by atoms with E-state index in [-0.39, 0.29) is 12.8 Å². The van der Waals surface area contributed by atoms with Gasteiger partial charge in [-0.2, -0.15) is 0 Å². The number of benzene rings is 1. The number of para-hydroxylation sites is 1. The Balaban J connectivity index is 2.03. The third-order valence-electron chi connectivity index (χ3n) is 2.28. The van der Waals surface area contributed by atoms with E-state index in [9.17, 15) is 4.79 Å². The smallest absolute Gasteiger partial charge is 0.317 e. The number of hydrogen-bond donors (Lipinski definition) is 2. The van der Waals surface area contributed by atoms with E-state index in [4.69, 9.17) is 4.74 Å². The van der Waals surface area contributed by atoms with Crippen molar-refractivity contribution >= 4 is 6.03 Å². The van der Waals surface area contributed by atoms with Crippen LogP contribution in [0.2, 0.25) is 0 Å². The summed E-state index contributed by atoms with van der Waals surface area (Å²) in [5.74, 6) is 0.741. The lowest BCUT2D eigenvalue weighted by atomic mass is 10.3. The summed E-state index contributed by atoms with van der Waals surface area (Å²) in [7, 11) is 4.02. The highest BCUT2D eigenvalue weighted by Crippen LogP contribution is 2.06. The van der Waals surface area contributed by atoms with Gasteiger partial charge in [0.2, 0.25) is 0 Å². The number of amides is 2.